The Balaban J connectivity index is 3.12. The molecule has 0 rings (SSSR count). The zero-order chi connectivity index (χ0) is 17.0. The molecular formula is C21H38O2. The Bertz CT molecular complexity index is 305. The highest BCUT2D eigenvalue weighted by atomic mass is 16.4. The second-order valence-electron chi connectivity index (χ2n) is 6.49. The van der Waals surface area contributed by atoms with Gasteiger partial charge in [0.15, 0.2) is 0 Å². The molecular weight excluding hydrogens is 284 g/mol. The number of hydrogen-bond donors (Lipinski definition) is 1. The molecule has 0 aromatic carbocycles. The quantitative estimate of drug-likeness (QED) is 0.230. The largest absolute Gasteiger partial charge is 0.481 e. The SMILES string of the molecule is CCCCCCCCCCCCCCCC=CC=CCC(=O)O. The van der Waals surface area contributed by atoms with Crippen molar-refractivity contribution in [1.82, 2.24) is 0 Å². The van der Waals surface area contributed by atoms with Gasteiger partial charge in [-0.2, -0.15) is 0 Å². The molecule has 2 heteroatoms. The summed E-state index contributed by atoms with van der Waals surface area (Å²) < 4.78 is 0. The molecule has 0 heterocycles. The van der Waals surface area contributed by atoms with Crippen LogP contribution in [0, 0.1) is 0 Å². The minimum absolute atomic E-state index is 0.114. The van der Waals surface area contributed by atoms with E-state index in [1.807, 2.05) is 12.2 Å². The number of carboxylic acid groups (broad SMARTS) is 1. The van der Waals surface area contributed by atoms with E-state index < -0.39 is 5.97 Å². The van der Waals surface area contributed by atoms with Crippen LogP contribution in [0.15, 0.2) is 24.3 Å². The van der Waals surface area contributed by atoms with Crippen LogP contribution in [-0.4, -0.2) is 11.1 Å². The van der Waals surface area contributed by atoms with Crippen LogP contribution >= 0.6 is 0 Å². The van der Waals surface area contributed by atoms with Crippen LogP contribution in [-0.2, 0) is 4.79 Å². The highest BCUT2D eigenvalue weighted by molar-refractivity contribution is 5.68. The molecule has 0 atom stereocenters. The van der Waals surface area contributed by atoms with Crippen molar-refractivity contribution in [1.29, 1.82) is 0 Å². The number of carboxylic acids is 1. The highest BCUT2D eigenvalue weighted by Gasteiger charge is 1.93. The Hall–Kier alpha value is -1.05. The minimum atomic E-state index is -0.772. The van der Waals surface area contributed by atoms with E-state index in [1.165, 1.54) is 83.5 Å². The molecule has 0 saturated heterocycles. The molecule has 0 aromatic heterocycles. The monoisotopic (exact) mass is 322 g/mol. The topological polar surface area (TPSA) is 37.3 Å². The normalized spacial score (nSPS) is 11.7. The molecule has 23 heavy (non-hydrogen) atoms. The Morgan fingerprint density at radius 1 is 0.696 bits per heavy atom. The number of aliphatic carboxylic acids is 1. The molecule has 0 unspecified atom stereocenters. The fraction of sp³-hybridized carbons (Fsp3) is 0.762. The Kier molecular flexibility index (Phi) is 18.1. The predicted molar refractivity (Wildman–Crippen MR) is 101 cm³/mol. The molecule has 0 aliphatic carbocycles. The van der Waals surface area contributed by atoms with Crippen LogP contribution in [0.4, 0.5) is 0 Å². The van der Waals surface area contributed by atoms with Crippen LogP contribution in [0.2, 0.25) is 0 Å². The molecule has 0 radical (unpaired) electrons. The molecule has 0 saturated carbocycles. The van der Waals surface area contributed by atoms with Crippen molar-refractivity contribution in [2.75, 3.05) is 0 Å². The molecule has 134 valence electrons. The standard InChI is InChI=1S/C21H38O2/c1-2-3-4-5-6-7-8-9-10-11-12-13-14-15-16-17-18-19-20-21(22)23/h16-19H,2-15,20H2,1H3,(H,22,23). The summed E-state index contributed by atoms with van der Waals surface area (Å²) >= 11 is 0. The molecule has 0 fully saturated rings. The summed E-state index contributed by atoms with van der Waals surface area (Å²) in [5.74, 6) is -0.772. The molecule has 2 nitrogen and oxygen atoms in total. The maximum atomic E-state index is 10.3. The molecule has 0 aliphatic heterocycles. The minimum Gasteiger partial charge on any atom is -0.481 e. The third-order valence-corrected chi connectivity index (χ3v) is 4.15. The molecule has 0 aliphatic rings. The van der Waals surface area contributed by atoms with E-state index in [4.69, 9.17) is 5.11 Å². The van der Waals surface area contributed by atoms with Crippen LogP contribution in [0.3, 0.4) is 0 Å². The summed E-state index contributed by atoms with van der Waals surface area (Å²) in [6.45, 7) is 2.27. The molecule has 0 bridgehead atoms. The molecule has 1 N–H and O–H groups in total. The van der Waals surface area contributed by atoms with E-state index in [2.05, 4.69) is 13.0 Å². The van der Waals surface area contributed by atoms with E-state index in [9.17, 15) is 4.79 Å². The summed E-state index contributed by atoms with van der Waals surface area (Å²) in [6.07, 6.45) is 26.9. The molecule has 0 amide bonds. The van der Waals surface area contributed by atoms with Crippen molar-refractivity contribution >= 4 is 5.97 Å². The smallest absolute Gasteiger partial charge is 0.307 e. The van der Waals surface area contributed by atoms with Gasteiger partial charge in [-0.25, -0.2) is 0 Å². The predicted octanol–water partition coefficient (Wildman–Crippen LogP) is 7.05. The fourth-order valence-corrected chi connectivity index (χ4v) is 2.70. The number of carbonyl (C=O) groups is 1. The zero-order valence-corrected chi connectivity index (χ0v) is 15.3. The second kappa shape index (κ2) is 19.0. The maximum Gasteiger partial charge on any atom is 0.307 e. The zero-order valence-electron chi connectivity index (χ0n) is 15.3. The van der Waals surface area contributed by atoms with Crippen LogP contribution in [0.5, 0.6) is 0 Å². The van der Waals surface area contributed by atoms with Gasteiger partial charge in [-0.3, -0.25) is 4.79 Å². The van der Waals surface area contributed by atoms with E-state index >= 15 is 0 Å². The van der Waals surface area contributed by atoms with Gasteiger partial charge in [0.05, 0.1) is 6.42 Å². The lowest BCUT2D eigenvalue weighted by Gasteiger charge is -2.02. The Labute approximate surface area is 144 Å². The van der Waals surface area contributed by atoms with Crippen molar-refractivity contribution in [2.24, 2.45) is 0 Å². The van der Waals surface area contributed by atoms with Crippen molar-refractivity contribution < 1.29 is 9.90 Å². The first kappa shape index (κ1) is 21.9. The van der Waals surface area contributed by atoms with E-state index in [0.717, 1.165) is 6.42 Å². The summed E-state index contributed by atoms with van der Waals surface area (Å²) in [4.78, 5) is 10.3. The van der Waals surface area contributed by atoms with Crippen LogP contribution in [0.25, 0.3) is 0 Å². The number of allylic oxidation sites excluding steroid dienone is 3. The number of hydrogen-bond acceptors (Lipinski definition) is 1. The van der Waals surface area contributed by atoms with Gasteiger partial charge in [-0.05, 0) is 12.8 Å². The Morgan fingerprint density at radius 3 is 1.61 bits per heavy atom. The van der Waals surface area contributed by atoms with Crippen LogP contribution in [0.1, 0.15) is 103 Å². The lowest BCUT2D eigenvalue weighted by molar-refractivity contribution is -0.136. The average Bonchev–Trinajstić information content (AvgIpc) is 2.53. The lowest BCUT2D eigenvalue weighted by atomic mass is 10.0. The highest BCUT2D eigenvalue weighted by Crippen LogP contribution is 2.12. The Morgan fingerprint density at radius 2 is 1.13 bits per heavy atom. The van der Waals surface area contributed by atoms with Crippen molar-refractivity contribution in [2.45, 2.75) is 103 Å². The van der Waals surface area contributed by atoms with Crippen LogP contribution < -0.4 is 0 Å². The number of rotatable bonds is 17. The van der Waals surface area contributed by atoms with Gasteiger partial charge in [-0.15, -0.1) is 0 Å². The summed E-state index contributed by atoms with van der Waals surface area (Å²) in [5.41, 5.74) is 0. The average molecular weight is 323 g/mol. The molecule has 0 aromatic rings. The van der Waals surface area contributed by atoms with Gasteiger partial charge in [0, 0.05) is 0 Å². The van der Waals surface area contributed by atoms with Crippen molar-refractivity contribution in [3.63, 3.8) is 0 Å². The first-order valence-corrected chi connectivity index (χ1v) is 9.80. The van der Waals surface area contributed by atoms with E-state index in [0.29, 0.717) is 0 Å². The molecule has 0 spiro atoms. The third-order valence-electron chi connectivity index (χ3n) is 4.15. The summed E-state index contributed by atoms with van der Waals surface area (Å²) in [5, 5.41) is 8.47. The fourth-order valence-electron chi connectivity index (χ4n) is 2.70. The first-order valence-electron chi connectivity index (χ1n) is 9.80. The van der Waals surface area contributed by atoms with Gasteiger partial charge in [0.1, 0.15) is 0 Å². The van der Waals surface area contributed by atoms with E-state index in [1.54, 1.807) is 6.08 Å². The second-order valence-corrected chi connectivity index (χ2v) is 6.49. The van der Waals surface area contributed by atoms with Gasteiger partial charge in [0.2, 0.25) is 0 Å². The van der Waals surface area contributed by atoms with Crippen molar-refractivity contribution in [3.05, 3.63) is 24.3 Å². The lowest BCUT2D eigenvalue weighted by Crippen LogP contribution is -1.89. The van der Waals surface area contributed by atoms with Gasteiger partial charge in [-0.1, -0.05) is 108 Å². The summed E-state index contributed by atoms with van der Waals surface area (Å²) in [7, 11) is 0. The van der Waals surface area contributed by atoms with E-state index in [-0.39, 0.29) is 6.42 Å². The third kappa shape index (κ3) is 21.0. The van der Waals surface area contributed by atoms with Gasteiger partial charge < -0.3 is 5.11 Å². The van der Waals surface area contributed by atoms with Gasteiger partial charge in [0.25, 0.3) is 0 Å². The number of unbranched alkanes of at least 4 members (excludes halogenated alkanes) is 13. The van der Waals surface area contributed by atoms with Gasteiger partial charge >= 0.3 is 5.97 Å². The van der Waals surface area contributed by atoms with Crippen molar-refractivity contribution in [3.8, 4) is 0 Å². The summed E-state index contributed by atoms with van der Waals surface area (Å²) in [6, 6.07) is 0. The maximum absolute atomic E-state index is 10.3. The first-order chi connectivity index (χ1) is 11.3.